The summed E-state index contributed by atoms with van der Waals surface area (Å²) in [6.45, 7) is 4.35. The van der Waals surface area contributed by atoms with E-state index in [-0.39, 0.29) is 0 Å². The maximum atomic E-state index is 12.2. The van der Waals surface area contributed by atoms with E-state index in [9.17, 15) is 4.79 Å². The van der Waals surface area contributed by atoms with Crippen molar-refractivity contribution in [3.05, 3.63) is 35.9 Å². The van der Waals surface area contributed by atoms with E-state index in [0.29, 0.717) is 17.7 Å². The first-order valence-electron chi connectivity index (χ1n) is 9.33. The summed E-state index contributed by atoms with van der Waals surface area (Å²) >= 11 is 0. The molecule has 3 aliphatic rings. The van der Waals surface area contributed by atoms with Crippen LogP contribution < -0.4 is 5.32 Å². The molecule has 3 nitrogen and oxygen atoms in total. The van der Waals surface area contributed by atoms with Gasteiger partial charge in [0.2, 0.25) is 5.91 Å². The van der Waals surface area contributed by atoms with Gasteiger partial charge in [0.1, 0.15) is 0 Å². The van der Waals surface area contributed by atoms with Crippen LogP contribution >= 0.6 is 0 Å². The van der Waals surface area contributed by atoms with Gasteiger partial charge in [-0.15, -0.1) is 0 Å². The molecule has 3 fully saturated rings. The Morgan fingerprint density at radius 2 is 2.00 bits per heavy atom. The first kappa shape index (κ1) is 15.2. The van der Waals surface area contributed by atoms with E-state index in [1.165, 1.54) is 31.4 Å². The van der Waals surface area contributed by atoms with Crippen LogP contribution in [0.2, 0.25) is 0 Å². The molecule has 2 aliphatic carbocycles. The molecule has 0 radical (unpaired) electrons. The van der Waals surface area contributed by atoms with Crippen molar-refractivity contribution in [2.24, 2.45) is 23.7 Å². The zero-order valence-electron chi connectivity index (χ0n) is 13.9. The molecule has 2 saturated carbocycles. The number of nitrogens with zero attached hydrogens (tertiary/aromatic N) is 1. The fourth-order valence-corrected chi connectivity index (χ4v) is 4.15. The number of nitrogens with one attached hydrogen (secondary N) is 1. The maximum absolute atomic E-state index is 12.2. The summed E-state index contributed by atoms with van der Waals surface area (Å²) < 4.78 is 0. The number of rotatable bonds is 7. The minimum absolute atomic E-state index is 0.338. The minimum atomic E-state index is 0.338. The molecule has 1 aromatic rings. The zero-order chi connectivity index (χ0) is 15.6. The largest absolute Gasteiger partial charge is 0.356 e. The van der Waals surface area contributed by atoms with Crippen molar-refractivity contribution in [3.63, 3.8) is 0 Å². The third-order valence-corrected chi connectivity index (χ3v) is 5.90. The lowest BCUT2D eigenvalue weighted by Crippen LogP contribution is -2.32. The third kappa shape index (κ3) is 3.95. The van der Waals surface area contributed by atoms with Gasteiger partial charge < -0.3 is 10.2 Å². The second kappa shape index (κ2) is 6.64. The van der Waals surface area contributed by atoms with E-state index in [1.807, 2.05) is 0 Å². The van der Waals surface area contributed by atoms with Crippen LogP contribution in [0.1, 0.15) is 31.2 Å². The average Bonchev–Trinajstić information content (AvgIpc) is 3.48. The molecule has 1 aliphatic heterocycles. The Morgan fingerprint density at radius 3 is 2.78 bits per heavy atom. The van der Waals surface area contributed by atoms with Crippen molar-refractivity contribution in [1.82, 2.24) is 10.2 Å². The van der Waals surface area contributed by atoms with Gasteiger partial charge >= 0.3 is 0 Å². The van der Waals surface area contributed by atoms with Gasteiger partial charge in [-0.1, -0.05) is 30.3 Å². The van der Waals surface area contributed by atoms with Gasteiger partial charge in [-0.2, -0.15) is 0 Å². The molecule has 3 heteroatoms. The Morgan fingerprint density at radius 1 is 1.17 bits per heavy atom. The summed E-state index contributed by atoms with van der Waals surface area (Å²) in [6, 6.07) is 10.7. The molecule has 23 heavy (non-hydrogen) atoms. The van der Waals surface area contributed by atoms with Crippen molar-refractivity contribution < 1.29 is 4.79 Å². The highest BCUT2D eigenvalue weighted by Gasteiger charge is 2.51. The third-order valence-electron chi connectivity index (χ3n) is 5.90. The topological polar surface area (TPSA) is 32.3 Å². The monoisotopic (exact) mass is 312 g/mol. The number of hydrogen-bond donors (Lipinski definition) is 1. The van der Waals surface area contributed by atoms with Gasteiger partial charge in [-0.25, -0.2) is 0 Å². The Bertz CT molecular complexity index is 540. The molecule has 0 unspecified atom stereocenters. The quantitative estimate of drug-likeness (QED) is 0.839. The standard InChI is InChI=1S/C20H28N2O/c23-20(19-12-18(19)17-6-7-17)21-13-16-9-11-22(14-16)10-8-15-4-2-1-3-5-15/h1-5,16-19H,6-14H2,(H,21,23)/t16-,18+,19+/m0/s1. The van der Waals surface area contributed by atoms with Gasteiger partial charge in [0.05, 0.1) is 0 Å². The Balaban J connectivity index is 1.14. The van der Waals surface area contributed by atoms with E-state index >= 15 is 0 Å². The lowest BCUT2D eigenvalue weighted by Gasteiger charge is -2.16. The molecular formula is C20H28N2O. The van der Waals surface area contributed by atoms with Crippen molar-refractivity contribution in [3.8, 4) is 0 Å². The molecule has 1 amide bonds. The highest BCUT2D eigenvalue weighted by Crippen LogP contribution is 2.54. The normalized spacial score (nSPS) is 30.3. The number of carbonyl (C=O) groups is 1. The number of carbonyl (C=O) groups excluding carboxylic acids is 1. The van der Waals surface area contributed by atoms with Gasteiger partial charge in [0.25, 0.3) is 0 Å². The predicted molar refractivity (Wildman–Crippen MR) is 92.0 cm³/mol. The molecule has 0 bridgehead atoms. The minimum Gasteiger partial charge on any atom is -0.356 e. The number of benzene rings is 1. The first-order chi connectivity index (χ1) is 11.3. The van der Waals surface area contributed by atoms with Crippen LogP contribution in [0.5, 0.6) is 0 Å². The Hall–Kier alpha value is -1.35. The summed E-state index contributed by atoms with van der Waals surface area (Å²) in [4.78, 5) is 14.7. The van der Waals surface area contributed by atoms with Gasteiger partial charge in [0, 0.05) is 25.6 Å². The zero-order valence-corrected chi connectivity index (χ0v) is 13.9. The number of likely N-dealkylation sites (tertiary alicyclic amines) is 1. The molecule has 1 N–H and O–H groups in total. The van der Waals surface area contributed by atoms with E-state index < -0.39 is 0 Å². The van der Waals surface area contributed by atoms with E-state index in [0.717, 1.165) is 44.3 Å². The summed E-state index contributed by atoms with van der Waals surface area (Å²) in [7, 11) is 0. The smallest absolute Gasteiger partial charge is 0.223 e. The Labute approximate surface area is 139 Å². The maximum Gasteiger partial charge on any atom is 0.223 e. The van der Waals surface area contributed by atoms with Crippen LogP contribution in [0.4, 0.5) is 0 Å². The summed E-state index contributed by atoms with van der Waals surface area (Å²) in [6.07, 6.45) is 6.25. The summed E-state index contributed by atoms with van der Waals surface area (Å²) in [5, 5.41) is 3.23. The lowest BCUT2D eigenvalue weighted by atomic mass is 10.1. The van der Waals surface area contributed by atoms with Gasteiger partial charge in [0.15, 0.2) is 0 Å². The molecule has 0 spiro atoms. The molecule has 4 rings (SSSR count). The van der Waals surface area contributed by atoms with Crippen LogP contribution in [0, 0.1) is 23.7 Å². The predicted octanol–water partition coefficient (Wildman–Crippen LogP) is 2.71. The van der Waals surface area contributed by atoms with Crippen molar-refractivity contribution in [1.29, 1.82) is 0 Å². The fourth-order valence-electron chi connectivity index (χ4n) is 4.15. The van der Waals surface area contributed by atoms with Crippen LogP contribution in [0.15, 0.2) is 30.3 Å². The van der Waals surface area contributed by atoms with E-state index in [1.54, 1.807) is 0 Å². The van der Waals surface area contributed by atoms with Gasteiger partial charge in [-0.05, 0) is 62.0 Å². The molecule has 1 aromatic carbocycles. The van der Waals surface area contributed by atoms with Crippen LogP contribution in [-0.2, 0) is 11.2 Å². The second-order valence-electron chi connectivity index (χ2n) is 7.78. The molecule has 1 saturated heterocycles. The van der Waals surface area contributed by atoms with Crippen LogP contribution in [0.25, 0.3) is 0 Å². The van der Waals surface area contributed by atoms with Gasteiger partial charge in [-0.3, -0.25) is 4.79 Å². The van der Waals surface area contributed by atoms with Crippen LogP contribution in [0.3, 0.4) is 0 Å². The number of hydrogen-bond acceptors (Lipinski definition) is 2. The summed E-state index contributed by atoms with van der Waals surface area (Å²) in [5.41, 5.74) is 1.42. The highest BCUT2D eigenvalue weighted by atomic mass is 16.2. The highest BCUT2D eigenvalue weighted by molar-refractivity contribution is 5.81. The molecular weight excluding hydrogens is 284 g/mol. The molecule has 124 valence electrons. The van der Waals surface area contributed by atoms with Crippen molar-refractivity contribution >= 4 is 5.91 Å². The summed E-state index contributed by atoms with van der Waals surface area (Å²) in [5.74, 6) is 2.97. The first-order valence-corrected chi connectivity index (χ1v) is 9.33. The second-order valence-corrected chi connectivity index (χ2v) is 7.78. The Kier molecular flexibility index (Phi) is 4.39. The van der Waals surface area contributed by atoms with E-state index in [4.69, 9.17) is 0 Å². The molecule has 3 atom stereocenters. The molecule has 0 aromatic heterocycles. The number of amides is 1. The fraction of sp³-hybridized carbons (Fsp3) is 0.650. The van der Waals surface area contributed by atoms with Crippen molar-refractivity contribution in [2.45, 2.75) is 32.1 Å². The average molecular weight is 312 g/mol. The SMILES string of the molecule is O=C(NC[C@@H]1CCN(CCc2ccccc2)C1)[C@@H]1C[C@@H]1C1CC1. The van der Waals surface area contributed by atoms with Crippen LogP contribution in [-0.4, -0.2) is 37.0 Å². The van der Waals surface area contributed by atoms with Crippen molar-refractivity contribution in [2.75, 3.05) is 26.2 Å². The molecule has 1 heterocycles. The van der Waals surface area contributed by atoms with E-state index in [2.05, 4.69) is 40.5 Å². The lowest BCUT2D eigenvalue weighted by molar-refractivity contribution is -0.122.